The van der Waals surface area contributed by atoms with E-state index in [0.29, 0.717) is 0 Å². The Balaban J connectivity index is 3.56. The maximum absolute atomic E-state index is 12.7. The van der Waals surface area contributed by atoms with Crippen molar-refractivity contribution in [3.63, 3.8) is 0 Å². The van der Waals surface area contributed by atoms with Crippen LogP contribution in [0.5, 0.6) is 0 Å². The van der Waals surface area contributed by atoms with Crippen molar-refractivity contribution in [1.29, 1.82) is 0 Å². The van der Waals surface area contributed by atoms with Gasteiger partial charge in [-0.05, 0) is 6.92 Å². The summed E-state index contributed by atoms with van der Waals surface area (Å²) in [6.45, 7) is -0.433. The average Bonchev–Trinajstić information content (AvgIpc) is 2.13. The number of benzene rings is 1. The fraction of sp³-hybridized carbons (Fsp3) is 0.250. The number of hydrogen-bond acceptors (Lipinski definition) is 0. The Labute approximate surface area is 71.6 Å². The molecule has 0 aliphatic heterocycles. The minimum absolute atomic E-state index is 0.757. The molecule has 0 aromatic heterocycles. The number of hydrogen-bond donors (Lipinski definition) is 0. The predicted molar refractivity (Wildman–Crippen MR) is 35.4 cm³/mol. The molecule has 5 heteroatoms. The molecule has 13 heavy (non-hydrogen) atoms. The van der Waals surface area contributed by atoms with Gasteiger partial charge in [-0.3, -0.25) is 0 Å². The minimum Gasteiger partial charge on any atom is -0.231 e. The molecule has 0 saturated carbocycles. The van der Waals surface area contributed by atoms with E-state index < -0.39 is 41.0 Å². The van der Waals surface area contributed by atoms with Crippen molar-refractivity contribution in [3.8, 4) is 0 Å². The van der Waals surface area contributed by atoms with Crippen LogP contribution in [0.25, 0.3) is 0 Å². The average molecular weight is 193 g/mol. The SMILES string of the molecule is Cc1c(F)c(F)c(C[O])c(F)c1F. The summed E-state index contributed by atoms with van der Waals surface area (Å²) in [6.07, 6.45) is 0. The van der Waals surface area contributed by atoms with E-state index in [9.17, 15) is 22.7 Å². The molecule has 71 valence electrons. The molecule has 0 bridgehead atoms. The van der Waals surface area contributed by atoms with Crippen LogP contribution in [0.1, 0.15) is 11.1 Å². The van der Waals surface area contributed by atoms with Crippen LogP contribution in [0.15, 0.2) is 0 Å². The van der Waals surface area contributed by atoms with E-state index >= 15 is 0 Å². The molecule has 0 heterocycles. The van der Waals surface area contributed by atoms with E-state index in [2.05, 4.69) is 0 Å². The van der Waals surface area contributed by atoms with Crippen LogP contribution in [0, 0.1) is 30.2 Å². The lowest BCUT2D eigenvalue weighted by atomic mass is 10.1. The van der Waals surface area contributed by atoms with Gasteiger partial charge in [0.25, 0.3) is 0 Å². The van der Waals surface area contributed by atoms with Crippen molar-refractivity contribution in [2.45, 2.75) is 13.5 Å². The van der Waals surface area contributed by atoms with E-state index in [-0.39, 0.29) is 0 Å². The van der Waals surface area contributed by atoms with Gasteiger partial charge in [-0.25, -0.2) is 22.7 Å². The van der Waals surface area contributed by atoms with Crippen LogP contribution in [0.2, 0.25) is 0 Å². The van der Waals surface area contributed by atoms with E-state index in [1.807, 2.05) is 0 Å². The van der Waals surface area contributed by atoms with E-state index in [4.69, 9.17) is 0 Å². The first kappa shape index (κ1) is 9.98. The molecular formula is C8H5F4O. The lowest BCUT2D eigenvalue weighted by Gasteiger charge is -2.05. The van der Waals surface area contributed by atoms with Gasteiger partial charge < -0.3 is 0 Å². The standard InChI is InChI=1S/C8H5F4O/c1-3-5(9)7(11)4(2-13)8(12)6(3)10/h2H2,1H3. The molecule has 1 rings (SSSR count). The zero-order valence-electron chi connectivity index (χ0n) is 6.63. The van der Waals surface area contributed by atoms with Gasteiger partial charge in [-0.1, -0.05) is 0 Å². The highest BCUT2D eigenvalue weighted by Crippen LogP contribution is 2.23. The van der Waals surface area contributed by atoms with Crippen LogP contribution in [0.4, 0.5) is 17.6 Å². The molecule has 1 aromatic carbocycles. The monoisotopic (exact) mass is 193 g/mol. The summed E-state index contributed by atoms with van der Waals surface area (Å²) >= 11 is 0. The highest BCUT2D eigenvalue weighted by molar-refractivity contribution is 5.28. The van der Waals surface area contributed by atoms with Crippen LogP contribution < -0.4 is 0 Å². The molecule has 0 N–H and O–H groups in total. The molecule has 0 spiro atoms. The van der Waals surface area contributed by atoms with Crippen LogP contribution >= 0.6 is 0 Å². The Hall–Kier alpha value is -1.10. The van der Waals surface area contributed by atoms with Gasteiger partial charge in [0.1, 0.15) is 6.61 Å². The van der Waals surface area contributed by atoms with Crippen LogP contribution in [0.3, 0.4) is 0 Å². The second-order valence-corrected chi connectivity index (χ2v) is 2.50. The molecule has 0 unspecified atom stereocenters. The molecule has 1 aromatic rings. The second kappa shape index (κ2) is 3.33. The molecule has 0 aliphatic rings. The topological polar surface area (TPSA) is 19.9 Å². The van der Waals surface area contributed by atoms with Crippen LogP contribution in [-0.4, -0.2) is 0 Å². The maximum Gasteiger partial charge on any atom is 0.167 e. The van der Waals surface area contributed by atoms with Crippen LogP contribution in [-0.2, 0) is 11.7 Å². The smallest absolute Gasteiger partial charge is 0.167 e. The largest absolute Gasteiger partial charge is 0.231 e. The van der Waals surface area contributed by atoms with Crippen molar-refractivity contribution >= 4 is 0 Å². The molecule has 0 saturated heterocycles. The van der Waals surface area contributed by atoms with Crippen molar-refractivity contribution in [3.05, 3.63) is 34.4 Å². The lowest BCUT2D eigenvalue weighted by molar-refractivity contribution is 0.167. The Morgan fingerprint density at radius 3 is 1.62 bits per heavy atom. The summed E-state index contributed by atoms with van der Waals surface area (Å²) < 4.78 is 50.8. The highest BCUT2D eigenvalue weighted by atomic mass is 19.2. The molecule has 0 amide bonds. The first-order valence-electron chi connectivity index (χ1n) is 3.40. The highest BCUT2D eigenvalue weighted by Gasteiger charge is 2.22. The van der Waals surface area contributed by atoms with Crippen molar-refractivity contribution < 1.29 is 22.7 Å². The van der Waals surface area contributed by atoms with Gasteiger partial charge in [0.05, 0.1) is 5.56 Å². The normalized spacial score (nSPS) is 10.6. The van der Waals surface area contributed by atoms with Gasteiger partial charge >= 0.3 is 0 Å². The molecule has 1 nitrogen and oxygen atoms in total. The first-order chi connectivity index (χ1) is 6.00. The fourth-order valence-corrected chi connectivity index (χ4v) is 0.914. The minimum atomic E-state index is -1.61. The van der Waals surface area contributed by atoms with E-state index in [0.717, 1.165) is 6.92 Å². The lowest BCUT2D eigenvalue weighted by Crippen LogP contribution is -2.05. The summed E-state index contributed by atoms with van der Waals surface area (Å²) in [5.74, 6) is -6.23. The fourth-order valence-electron chi connectivity index (χ4n) is 0.914. The Morgan fingerprint density at radius 2 is 1.31 bits per heavy atom. The van der Waals surface area contributed by atoms with Crippen molar-refractivity contribution in [1.82, 2.24) is 0 Å². The second-order valence-electron chi connectivity index (χ2n) is 2.50. The quantitative estimate of drug-likeness (QED) is 0.482. The summed E-state index contributed by atoms with van der Waals surface area (Å²) in [5.41, 5.74) is -1.85. The van der Waals surface area contributed by atoms with Crippen molar-refractivity contribution in [2.75, 3.05) is 0 Å². The Bertz CT molecular complexity index is 319. The molecule has 0 aliphatic carbocycles. The summed E-state index contributed by atoms with van der Waals surface area (Å²) in [4.78, 5) is 0. The summed E-state index contributed by atoms with van der Waals surface area (Å²) in [6, 6.07) is 0. The predicted octanol–water partition coefficient (Wildman–Crippen LogP) is 2.48. The number of halogens is 4. The van der Waals surface area contributed by atoms with Crippen molar-refractivity contribution in [2.24, 2.45) is 0 Å². The zero-order chi connectivity index (χ0) is 10.2. The van der Waals surface area contributed by atoms with Gasteiger partial charge in [-0.2, -0.15) is 0 Å². The molecule has 0 fully saturated rings. The summed E-state index contributed by atoms with van der Waals surface area (Å²) in [7, 11) is 0. The Morgan fingerprint density at radius 1 is 0.923 bits per heavy atom. The third kappa shape index (κ3) is 1.39. The zero-order valence-corrected chi connectivity index (χ0v) is 6.63. The first-order valence-corrected chi connectivity index (χ1v) is 3.40. The van der Waals surface area contributed by atoms with E-state index in [1.54, 1.807) is 0 Å². The van der Waals surface area contributed by atoms with Gasteiger partial charge in [-0.15, -0.1) is 0 Å². The van der Waals surface area contributed by atoms with E-state index in [1.165, 1.54) is 0 Å². The Kier molecular flexibility index (Phi) is 2.56. The molecule has 0 atom stereocenters. The molecule has 1 radical (unpaired) electrons. The maximum atomic E-state index is 12.7. The third-order valence-electron chi connectivity index (χ3n) is 1.72. The summed E-state index contributed by atoms with van der Waals surface area (Å²) in [5, 5.41) is 10.2. The van der Waals surface area contributed by atoms with Gasteiger partial charge in [0.15, 0.2) is 23.3 Å². The third-order valence-corrected chi connectivity index (χ3v) is 1.72. The molecular weight excluding hydrogens is 188 g/mol. The van der Waals surface area contributed by atoms with Gasteiger partial charge in [0.2, 0.25) is 0 Å². The van der Waals surface area contributed by atoms with Gasteiger partial charge in [0, 0.05) is 5.56 Å². The number of rotatable bonds is 1.